The maximum Gasteiger partial charge on any atom is 0.308 e. The SMILES string of the molecule is O=c1sc2cc(S(=O)(=O)N[C@@H]3C[C@H]4CC[C@@H]3C4)ccc2n1Cc1ccccc1Cl. The maximum atomic E-state index is 12.9. The van der Waals surface area contributed by atoms with Crippen molar-refractivity contribution in [3.8, 4) is 0 Å². The summed E-state index contributed by atoms with van der Waals surface area (Å²) in [4.78, 5) is 12.6. The summed E-state index contributed by atoms with van der Waals surface area (Å²) >= 11 is 7.30. The van der Waals surface area contributed by atoms with Crippen LogP contribution in [-0.4, -0.2) is 19.0 Å². The lowest BCUT2D eigenvalue weighted by molar-refractivity contribution is 0.390. The Bertz CT molecular complexity index is 1250. The first-order valence-electron chi connectivity index (χ1n) is 9.80. The minimum Gasteiger partial charge on any atom is -0.294 e. The number of nitrogens with one attached hydrogen (secondary N) is 1. The summed E-state index contributed by atoms with van der Waals surface area (Å²) in [5.74, 6) is 1.13. The fourth-order valence-electron chi connectivity index (χ4n) is 4.82. The molecule has 0 radical (unpaired) electrons. The van der Waals surface area contributed by atoms with E-state index in [9.17, 15) is 13.2 Å². The van der Waals surface area contributed by atoms with Gasteiger partial charge in [0, 0.05) is 11.1 Å². The lowest BCUT2D eigenvalue weighted by Crippen LogP contribution is -2.38. The Morgan fingerprint density at radius 1 is 1.14 bits per heavy atom. The van der Waals surface area contributed by atoms with Crippen molar-refractivity contribution in [3.05, 3.63) is 62.7 Å². The highest BCUT2D eigenvalue weighted by Crippen LogP contribution is 2.44. The van der Waals surface area contributed by atoms with Crippen molar-refractivity contribution in [1.82, 2.24) is 9.29 Å². The van der Waals surface area contributed by atoms with Gasteiger partial charge in [0.15, 0.2) is 0 Å². The summed E-state index contributed by atoms with van der Waals surface area (Å²) in [5, 5.41) is 0.605. The number of rotatable bonds is 5. The van der Waals surface area contributed by atoms with E-state index < -0.39 is 10.0 Å². The topological polar surface area (TPSA) is 68.2 Å². The molecule has 2 aromatic carbocycles. The Morgan fingerprint density at radius 2 is 1.97 bits per heavy atom. The molecule has 8 heteroatoms. The third-order valence-electron chi connectivity index (χ3n) is 6.28. The monoisotopic (exact) mass is 448 g/mol. The van der Waals surface area contributed by atoms with E-state index in [4.69, 9.17) is 11.6 Å². The molecule has 0 aliphatic heterocycles. The molecule has 3 atom stereocenters. The molecule has 2 bridgehead atoms. The molecule has 29 heavy (non-hydrogen) atoms. The van der Waals surface area contributed by atoms with Gasteiger partial charge >= 0.3 is 4.87 Å². The summed E-state index contributed by atoms with van der Waals surface area (Å²) in [6, 6.07) is 12.4. The van der Waals surface area contributed by atoms with Crippen LogP contribution in [0.4, 0.5) is 0 Å². The molecule has 5 rings (SSSR count). The Balaban J connectivity index is 1.45. The van der Waals surface area contributed by atoms with Crippen molar-refractivity contribution in [3.63, 3.8) is 0 Å². The van der Waals surface area contributed by atoms with E-state index in [-0.39, 0.29) is 15.8 Å². The number of benzene rings is 2. The summed E-state index contributed by atoms with van der Waals surface area (Å²) in [6.45, 7) is 0.355. The second-order valence-corrected chi connectivity index (χ2v) is 11.2. The number of thiazole rings is 1. The summed E-state index contributed by atoms with van der Waals surface area (Å²) in [7, 11) is -3.60. The predicted molar refractivity (Wildman–Crippen MR) is 116 cm³/mol. The van der Waals surface area contributed by atoms with Crippen molar-refractivity contribution >= 4 is 43.2 Å². The zero-order valence-electron chi connectivity index (χ0n) is 15.7. The first kappa shape index (κ1) is 19.3. The number of fused-ring (bicyclic) bond motifs is 3. The van der Waals surface area contributed by atoms with E-state index in [1.54, 1.807) is 28.8 Å². The highest BCUT2D eigenvalue weighted by Gasteiger charge is 2.41. The molecule has 1 heterocycles. The zero-order chi connectivity index (χ0) is 20.2. The molecule has 2 aliphatic rings. The van der Waals surface area contributed by atoms with Gasteiger partial charge in [0.05, 0.1) is 21.7 Å². The average Bonchev–Trinajstić information content (AvgIpc) is 3.37. The van der Waals surface area contributed by atoms with Crippen LogP contribution in [0.1, 0.15) is 31.2 Å². The van der Waals surface area contributed by atoms with Crippen LogP contribution < -0.4 is 9.60 Å². The Morgan fingerprint density at radius 3 is 2.69 bits per heavy atom. The molecular weight excluding hydrogens is 428 g/mol. The van der Waals surface area contributed by atoms with E-state index in [1.165, 1.54) is 6.42 Å². The van der Waals surface area contributed by atoms with Gasteiger partial charge in [-0.05, 0) is 60.9 Å². The van der Waals surface area contributed by atoms with Gasteiger partial charge in [-0.3, -0.25) is 9.36 Å². The molecule has 2 saturated carbocycles. The molecule has 2 fully saturated rings. The lowest BCUT2D eigenvalue weighted by Gasteiger charge is -2.22. The van der Waals surface area contributed by atoms with Gasteiger partial charge in [-0.1, -0.05) is 47.6 Å². The molecule has 2 aliphatic carbocycles. The smallest absolute Gasteiger partial charge is 0.294 e. The lowest BCUT2D eigenvalue weighted by atomic mass is 9.96. The quantitative estimate of drug-likeness (QED) is 0.635. The predicted octanol–water partition coefficient (Wildman–Crippen LogP) is 4.23. The Hall–Kier alpha value is -1.67. The first-order chi connectivity index (χ1) is 13.9. The number of hydrogen-bond donors (Lipinski definition) is 1. The van der Waals surface area contributed by atoms with E-state index in [0.717, 1.165) is 41.7 Å². The van der Waals surface area contributed by atoms with Crippen molar-refractivity contribution < 1.29 is 8.42 Å². The van der Waals surface area contributed by atoms with E-state index in [2.05, 4.69) is 4.72 Å². The van der Waals surface area contributed by atoms with Crippen LogP contribution in [0, 0.1) is 11.8 Å². The molecule has 0 spiro atoms. The molecule has 1 N–H and O–H groups in total. The van der Waals surface area contributed by atoms with Crippen LogP contribution in [0.2, 0.25) is 5.02 Å². The van der Waals surface area contributed by atoms with Crippen LogP contribution >= 0.6 is 22.9 Å². The third-order valence-corrected chi connectivity index (χ3v) is 9.08. The van der Waals surface area contributed by atoms with Crippen LogP contribution in [0.3, 0.4) is 0 Å². The molecule has 0 amide bonds. The first-order valence-corrected chi connectivity index (χ1v) is 12.5. The summed E-state index contributed by atoms with van der Waals surface area (Å²) in [6.07, 6.45) is 4.41. The third kappa shape index (κ3) is 3.54. The second-order valence-electron chi connectivity index (χ2n) is 8.08. The number of halogens is 1. The Kier molecular flexibility index (Phi) is 4.81. The molecular formula is C21H21ClN2O3S2. The van der Waals surface area contributed by atoms with Crippen molar-refractivity contribution in [2.75, 3.05) is 0 Å². The average molecular weight is 449 g/mol. The van der Waals surface area contributed by atoms with Gasteiger partial charge in [0.1, 0.15) is 0 Å². The second kappa shape index (κ2) is 7.23. The van der Waals surface area contributed by atoms with Crippen LogP contribution in [0.5, 0.6) is 0 Å². The number of hydrogen-bond acceptors (Lipinski definition) is 4. The van der Waals surface area contributed by atoms with Gasteiger partial charge in [-0.2, -0.15) is 0 Å². The molecule has 152 valence electrons. The fraction of sp³-hybridized carbons (Fsp3) is 0.381. The minimum atomic E-state index is -3.60. The van der Waals surface area contributed by atoms with Crippen LogP contribution in [0.25, 0.3) is 10.2 Å². The van der Waals surface area contributed by atoms with Gasteiger partial charge in [0.25, 0.3) is 0 Å². The molecule has 0 unspecified atom stereocenters. The van der Waals surface area contributed by atoms with E-state index in [1.807, 2.05) is 18.2 Å². The molecule has 1 aromatic heterocycles. The van der Waals surface area contributed by atoms with Crippen molar-refractivity contribution in [1.29, 1.82) is 0 Å². The van der Waals surface area contributed by atoms with E-state index >= 15 is 0 Å². The minimum absolute atomic E-state index is 0.0398. The molecule has 3 aromatic rings. The van der Waals surface area contributed by atoms with Crippen LogP contribution in [-0.2, 0) is 16.6 Å². The van der Waals surface area contributed by atoms with E-state index in [0.29, 0.717) is 28.1 Å². The highest BCUT2D eigenvalue weighted by atomic mass is 35.5. The maximum absolute atomic E-state index is 12.9. The van der Waals surface area contributed by atoms with Crippen molar-refractivity contribution in [2.24, 2.45) is 11.8 Å². The number of nitrogens with zero attached hydrogens (tertiary/aromatic N) is 1. The van der Waals surface area contributed by atoms with Gasteiger partial charge < -0.3 is 0 Å². The highest BCUT2D eigenvalue weighted by molar-refractivity contribution is 7.89. The van der Waals surface area contributed by atoms with Gasteiger partial charge in [0.2, 0.25) is 10.0 Å². The van der Waals surface area contributed by atoms with Gasteiger partial charge in [-0.25, -0.2) is 13.1 Å². The Labute approximate surface area is 178 Å². The fourth-order valence-corrected chi connectivity index (χ4v) is 7.36. The summed E-state index contributed by atoms with van der Waals surface area (Å²) < 4.78 is 31.1. The summed E-state index contributed by atoms with van der Waals surface area (Å²) in [5.41, 5.74) is 1.57. The molecule has 0 saturated heterocycles. The van der Waals surface area contributed by atoms with Gasteiger partial charge in [-0.15, -0.1) is 0 Å². The standard InChI is InChI=1S/C21H21ClN2O3S2/c22-17-4-2-1-3-15(17)12-24-19-8-7-16(11-20(19)28-21(24)25)29(26,27)23-18-10-13-5-6-14(18)9-13/h1-4,7-8,11,13-14,18,23H,5-6,9-10,12H2/t13-,14+,18+/m0/s1. The largest absolute Gasteiger partial charge is 0.308 e. The molecule has 5 nitrogen and oxygen atoms in total. The number of sulfonamides is 1. The number of aromatic nitrogens is 1. The zero-order valence-corrected chi connectivity index (χ0v) is 18.1. The normalized spacial score (nSPS) is 23.8. The van der Waals surface area contributed by atoms with Crippen molar-refractivity contribution in [2.45, 2.75) is 43.2 Å². The van der Waals surface area contributed by atoms with Crippen LogP contribution in [0.15, 0.2) is 52.2 Å².